The average molecular weight is 282 g/mol. The first-order valence-corrected chi connectivity index (χ1v) is 8.15. The van der Waals surface area contributed by atoms with Gasteiger partial charge in [0.1, 0.15) is 0 Å². The first-order chi connectivity index (χ1) is 9.20. The first kappa shape index (κ1) is 14.8. The molecule has 1 aliphatic heterocycles. The van der Waals surface area contributed by atoms with Crippen LogP contribution in [-0.4, -0.2) is 49.7 Å². The van der Waals surface area contributed by atoms with Gasteiger partial charge in [-0.1, -0.05) is 6.92 Å². The summed E-state index contributed by atoms with van der Waals surface area (Å²) in [6.07, 6.45) is 3.67. The van der Waals surface area contributed by atoms with E-state index in [0.29, 0.717) is 6.04 Å². The molecule has 0 aliphatic carbocycles. The lowest BCUT2D eigenvalue weighted by atomic mass is 10.0. The van der Waals surface area contributed by atoms with Crippen molar-refractivity contribution in [2.24, 2.45) is 0 Å². The molecule has 0 bridgehead atoms. The van der Waals surface area contributed by atoms with Gasteiger partial charge in [0.2, 0.25) is 0 Å². The Morgan fingerprint density at radius 1 is 1.47 bits per heavy atom. The van der Waals surface area contributed by atoms with Gasteiger partial charge in [-0.05, 0) is 45.9 Å². The fraction of sp³-hybridized carbons (Fsp3) is 0.786. The van der Waals surface area contributed by atoms with E-state index in [1.54, 1.807) is 11.3 Å². The predicted octanol–water partition coefficient (Wildman–Crippen LogP) is 2.17. The van der Waals surface area contributed by atoms with Crippen molar-refractivity contribution in [3.8, 4) is 0 Å². The Kier molecular flexibility index (Phi) is 5.60. The van der Waals surface area contributed by atoms with Crippen LogP contribution in [0.15, 0.2) is 5.38 Å². The standard InChI is InChI=1S/C14H26N4S/c1-4-7-15-10-12-11-19-14(16-12)18(3)13-5-8-17(2)9-6-13/h11,13,15H,4-10H2,1-3H3. The minimum absolute atomic E-state index is 0.652. The fourth-order valence-corrected chi connectivity index (χ4v) is 3.33. The molecule has 2 rings (SSSR count). The summed E-state index contributed by atoms with van der Waals surface area (Å²) < 4.78 is 0. The van der Waals surface area contributed by atoms with Crippen LogP contribution >= 0.6 is 11.3 Å². The molecule has 1 fully saturated rings. The Hall–Kier alpha value is -0.650. The predicted molar refractivity (Wildman–Crippen MR) is 83.0 cm³/mol. The molecule has 0 saturated carbocycles. The number of thiazole rings is 1. The van der Waals surface area contributed by atoms with E-state index in [0.717, 1.165) is 13.1 Å². The summed E-state index contributed by atoms with van der Waals surface area (Å²) in [7, 11) is 4.40. The first-order valence-electron chi connectivity index (χ1n) is 7.27. The van der Waals surface area contributed by atoms with Crippen LogP contribution in [0.3, 0.4) is 0 Å². The van der Waals surface area contributed by atoms with E-state index in [9.17, 15) is 0 Å². The zero-order valence-corrected chi connectivity index (χ0v) is 13.2. The third-order valence-electron chi connectivity index (χ3n) is 3.81. The van der Waals surface area contributed by atoms with E-state index in [2.05, 4.69) is 41.5 Å². The second-order valence-electron chi connectivity index (χ2n) is 5.44. The van der Waals surface area contributed by atoms with Gasteiger partial charge in [0.15, 0.2) is 5.13 Å². The Morgan fingerprint density at radius 2 is 2.21 bits per heavy atom. The molecule has 1 aromatic heterocycles. The molecule has 1 aromatic rings. The van der Waals surface area contributed by atoms with Gasteiger partial charge in [-0.15, -0.1) is 11.3 Å². The number of likely N-dealkylation sites (tertiary alicyclic amines) is 1. The molecule has 5 heteroatoms. The summed E-state index contributed by atoms with van der Waals surface area (Å²) in [4.78, 5) is 9.53. The van der Waals surface area contributed by atoms with E-state index in [4.69, 9.17) is 4.98 Å². The maximum absolute atomic E-state index is 4.74. The highest BCUT2D eigenvalue weighted by Gasteiger charge is 2.22. The molecule has 0 unspecified atom stereocenters. The quantitative estimate of drug-likeness (QED) is 0.810. The molecule has 19 heavy (non-hydrogen) atoms. The second-order valence-corrected chi connectivity index (χ2v) is 6.28. The molecule has 0 amide bonds. The van der Waals surface area contributed by atoms with Gasteiger partial charge < -0.3 is 15.1 Å². The zero-order valence-electron chi connectivity index (χ0n) is 12.4. The van der Waals surface area contributed by atoms with Crippen LogP contribution in [0.25, 0.3) is 0 Å². The highest BCUT2D eigenvalue weighted by Crippen LogP contribution is 2.25. The molecule has 0 radical (unpaired) electrons. The lowest BCUT2D eigenvalue weighted by molar-refractivity contribution is 0.253. The molecule has 1 N–H and O–H groups in total. The SMILES string of the molecule is CCCNCc1csc(N(C)C2CCN(C)CC2)n1. The zero-order chi connectivity index (χ0) is 13.7. The van der Waals surface area contributed by atoms with Crippen molar-refractivity contribution in [3.63, 3.8) is 0 Å². The number of aromatic nitrogens is 1. The summed E-state index contributed by atoms with van der Waals surface area (Å²) in [5.41, 5.74) is 1.17. The van der Waals surface area contributed by atoms with Crippen LogP contribution in [-0.2, 0) is 6.54 Å². The van der Waals surface area contributed by atoms with Crippen LogP contribution < -0.4 is 10.2 Å². The lowest BCUT2D eigenvalue weighted by Gasteiger charge is -2.34. The van der Waals surface area contributed by atoms with Crippen molar-refractivity contribution in [1.29, 1.82) is 0 Å². The maximum Gasteiger partial charge on any atom is 0.185 e. The Balaban J connectivity index is 1.86. The van der Waals surface area contributed by atoms with Crippen molar-refractivity contribution in [3.05, 3.63) is 11.1 Å². The third kappa shape index (κ3) is 4.16. The van der Waals surface area contributed by atoms with E-state index in [1.807, 2.05) is 0 Å². The molecule has 1 saturated heterocycles. The normalized spacial score (nSPS) is 17.8. The van der Waals surface area contributed by atoms with Crippen LogP contribution in [0.2, 0.25) is 0 Å². The topological polar surface area (TPSA) is 31.4 Å². The molecule has 0 aromatic carbocycles. The van der Waals surface area contributed by atoms with Crippen LogP contribution in [0.1, 0.15) is 31.9 Å². The van der Waals surface area contributed by atoms with Crippen molar-refractivity contribution < 1.29 is 0 Å². The molecular weight excluding hydrogens is 256 g/mol. The molecule has 0 atom stereocenters. The van der Waals surface area contributed by atoms with Gasteiger partial charge in [0.25, 0.3) is 0 Å². The summed E-state index contributed by atoms with van der Waals surface area (Å²) in [5, 5.41) is 6.76. The second kappa shape index (κ2) is 7.22. The molecule has 108 valence electrons. The summed E-state index contributed by atoms with van der Waals surface area (Å²) >= 11 is 1.77. The largest absolute Gasteiger partial charge is 0.348 e. The van der Waals surface area contributed by atoms with Gasteiger partial charge >= 0.3 is 0 Å². The number of hydrogen-bond donors (Lipinski definition) is 1. The molecule has 1 aliphatic rings. The van der Waals surface area contributed by atoms with Crippen molar-refractivity contribution in [1.82, 2.24) is 15.2 Å². The summed E-state index contributed by atoms with van der Waals surface area (Å²) in [6.45, 7) is 6.55. The van der Waals surface area contributed by atoms with Crippen molar-refractivity contribution in [2.45, 2.75) is 38.8 Å². The Morgan fingerprint density at radius 3 is 2.89 bits per heavy atom. The highest BCUT2D eigenvalue weighted by molar-refractivity contribution is 7.13. The van der Waals surface area contributed by atoms with E-state index >= 15 is 0 Å². The molecular formula is C14H26N4S. The molecule has 4 nitrogen and oxygen atoms in total. The monoisotopic (exact) mass is 282 g/mol. The van der Waals surface area contributed by atoms with Gasteiger partial charge in [-0.25, -0.2) is 4.98 Å². The number of nitrogens with one attached hydrogen (secondary N) is 1. The smallest absolute Gasteiger partial charge is 0.185 e. The van der Waals surface area contributed by atoms with Crippen LogP contribution in [0.5, 0.6) is 0 Å². The summed E-state index contributed by atoms with van der Waals surface area (Å²) in [6, 6.07) is 0.652. The van der Waals surface area contributed by atoms with E-state index in [-0.39, 0.29) is 0 Å². The maximum atomic E-state index is 4.74. The van der Waals surface area contributed by atoms with Crippen molar-refractivity contribution in [2.75, 3.05) is 38.6 Å². The van der Waals surface area contributed by atoms with Gasteiger partial charge in [-0.3, -0.25) is 0 Å². The Labute approximate surface area is 120 Å². The minimum Gasteiger partial charge on any atom is -0.348 e. The van der Waals surface area contributed by atoms with Gasteiger partial charge in [-0.2, -0.15) is 0 Å². The van der Waals surface area contributed by atoms with Crippen LogP contribution in [0, 0.1) is 0 Å². The van der Waals surface area contributed by atoms with E-state index < -0.39 is 0 Å². The third-order valence-corrected chi connectivity index (χ3v) is 4.79. The molecule has 2 heterocycles. The van der Waals surface area contributed by atoms with Crippen molar-refractivity contribution >= 4 is 16.5 Å². The van der Waals surface area contributed by atoms with Gasteiger partial charge in [0, 0.05) is 25.0 Å². The number of piperidine rings is 1. The number of rotatable bonds is 6. The highest BCUT2D eigenvalue weighted by atomic mass is 32.1. The minimum atomic E-state index is 0.652. The number of anilines is 1. The van der Waals surface area contributed by atoms with E-state index in [1.165, 1.54) is 43.2 Å². The van der Waals surface area contributed by atoms with Gasteiger partial charge in [0.05, 0.1) is 5.69 Å². The fourth-order valence-electron chi connectivity index (χ4n) is 2.47. The Bertz CT molecular complexity index is 371. The number of nitrogens with zero attached hydrogens (tertiary/aromatic N) is 3. The van der Waals surface area contributed by atoms with Crippen LogP contribution in [0.4, 0.5) is 5.13 Å². The molecule has 0 spiro atoms. The average Bonchev–Trinajstić information content (AvgIpc) is 2.88. The summed E-state index contributed by atoms with van der Waals surface area (Å²) in [5.74, 6) is 0. The number of hydrogen-bond acceptors (Lipinski definition) is 5. The lowest BCUT2D eigenvalue weighted by Crippen LogP contribution is -2.41.